The highest BCUT2D eigenvalue weighted by Crippen LogP contribution is 2.21. The Labute approximate surface area is 124 Å². The van der Waals surface area contributed by atoms with Gasteiger partial charge >= 0.3 is 6.03 Å². The van der Waals surface area contributed by atoms with Gasteiger partial charge in [-0.15, -0.1) is 0 Å². The van der Waals surface area contributed by atoms with Crippen molar-refractivity contribution in [3.05, 3.63) is 34.9 Å². The van der Waals surface area contributed by atoms with Crippen LogP contribution in [-0.2, 0) is 4.79 Å². The number of nitrogens with one attached hydrogen (secondary N) is 3. The Morgan fingerprint density at radius 1 is 1.30 bits per heavy atom. The Kier molecular flexibility index (Phi) is 7.04. The third-order valence-corrected chi connectivity index (χ3v) is 3.07. The van der Waals surface area contributed by atoms with Crippen molar-refractivity contribution in [2.45, 2.75) is 26.3 Å². The molecule has 0 bridgehead atoms. The van der Waals surface area contributed by atoms with Gasteiger partial charge in [0.25, 0.3) is 0 Å². The normalized spacial score (nSPS) is 11.8. The molecule has 1 aromatic carbocycles. The van der Waals surface area contributed by atoms with E-state index < -0.39 is 6.03 Å². The second kappa shape index (κ2) is 8.55. The van der Waals surface area contributed by atoms with E-state index in [1.807, 2.05) is 32.0 Å². The fourth-order valence-corrected chi connectivity index (χ4v) is 1.93. The van der Waals surface area contributed by atoms with E-state index in [-0.39, 0.29) is 18.5 Å². The maximum Gasteiger partial charge on any atom is 0.321 e. The zero-order valence-corrected chi connectivity index (χ0v) is 12.5. The molecule has 1 aromatic rings. The van der Waals surface area contributed by atoms with Gasteiger partial charge in [0.1, 0.15) is 0 Å². The van der Waals surface area contributed by atoms with E-state index in [0.717, 1.165) is 12.0 Å². The first kappa shape index (κ1) is 16.5. The predicted molar refractivity (Wildman–Crippen MR) is 79.7 cm³/mol. The molecule has 20 heavy (non-hydrogen) atoms. The van der Waals surface area contributed by atoms with Gasteiger partial charge in [0.15, 0.2) is 0 Å². The first-order valence-corrected chi connectivity index (χ1v) is 6.98. The summed E-state index contributed by atoms with van der Waals surface area (Å²) < 4.78 is 0. The molecule has 3 N–H and O–H groups in total. The summed E-state index contributed by atoms with van der Waals surface area (Å²) in [5.74, 6) is -0.377. The number of hydrogen-bond donors (Lipinski definition) is 3. The molecule has 1 atom stereocenters. The van der Waals surface area contributed by atoms with Crippen molar-refractivity contribution >= 4 is 23.5 Å². The standard InChI is InChI=1S/C14H20ClN3O2/c1-3-8-16-14(20)18-13(19)9-17-10(2)11-6-4-5-7-12(11)15/h4-7,10,17H,3,8-9H2,1-2H3,(H2,16,18,19,20). The van der Waals surface area contributed by atoms with Gasteiger partial charge in [-0.05, 0) is 25.0 Å². The van der Waals surface area contributed by atoms with Crippen molar-refractivity contribution in [3.8, 4) is 0 Å². The maximum absolute atomic E-state index is 11.6. The van der Waals surface area contributed by atoms with E-state index in [9.17, 15) is 9.59 Å². The van der Waals surface area contributed by atoms with Crippen LogP contribution in [0.15, 0.2) is 24.3 Å². The van der Waals surface area contributed by atoms with Crippen LogP contribution in [0.4, 0.5) is 4.79 Å². The molecule has 0 spiro atoms. The molecule has 0 saturated heterocycles. The van der Waals surface area contributed by atoms with Crippen LogP contribution in [0.3, 0.4) is 0 Å². The number of carbonyl (C=O) groups is 2. The number of halogens is 1. The summed E-state index contributed by atoms with van der Waals surface area (Å²) in [6.45, 7) is 4.44. The average Bonchev–Trinajstić information content (AvgIpc) is 2.43. The fraction of sp³-hybridized carbons (Fsp3) is 0.429. The van der Waals surface area contributed by atoms with Gasteiger partial charge in [-0.25, -0.2) is 4.79 Å². The molecule has 110 valence electrons. The first-order chi connectivity index (χ1) is 9.54. The van der Waals surface area contributed by atoms with Crippen LogP contribution >= 0.6 is 11.6 Å². The lowest BCUT2D eigenvalue weighted by molar-refractivity contribution is -0.119. The van der Waals surface area contributed by atoms with Gasteiger partial charge in [0.2, 0.25) is 5.91 Å². The smallest absolute Gasteiger partial charge is 0.321 e. The monoisotopic (exact) mass is 297 g/mol. The van der Waals surface area contributed by atoms with Crippen molar-refractivity contribution in [1.29, 1.82) is 0 Å². The van der Waals surface area contributed by atoms with Gasteiger partial charge in [0, 0.05) is 17.6 Å². The van der Waals surface area contributed by atoms with Crippen LogP contribution < -0.4 is 16.0 Å². The molecule has 1 unspecified atom stereocenters. The fourth-order valence-electron chi connectivity index (χ4n) is 1.64. The van der Waals surface area contributed by atoms with E-state index in [1.54, 1.807) is 6.07 Å². The van der Waals surface area contributed by atoms with Gasteiger partial charge in [-0.1, -0.05) is 36.7 Å². The second-order valence-corrected chi connectivity index (χ2v) is 4.84. The van der Waals surface area contributed by atoms with Gasteiger partial charge in [-0.2, -0.15) is 0 Å². The largest absolute Gasteiger partial charge is 0.338 e. The van der Waals surface area contributed by atoms with Crippen molar-refractivity contribution in [2.75, 3.05) is 13.1 Å². The predicted octanol–water partition coefficient (Wildman–Crippen LogP) is 2.23. The number of benzene rings is 1. The third-order valence-electron chi connectivity index (χ3n) is 2.73. The van der Waals surface area contributed by atoms with Crippen molar-refractivity contribution in [1.82, 2.24) is 16.0 Å². The van der Waals surface area contributed by atoms with Crippen LogP contribution in [-0.4, -0.2) is 25.0 Å². The Morgan fingerprint density at radius 2 is 2.00 bits per heavy atom. The number of urea groups is 1. The molecule has 5 nitrogen and oxygen atoms in total. The molecule has 3 amide bonds. The lowest BCUT2D eigenvalue weighted by Crippen LogP contribution is -2.43. The zero-order valence-electron chi connectivity index (χ0n) is 11.7. The summed E-state index contributed by atoms with van der Waals surface area (Å²) in [5, 5.41) is 8.49. The van der Waals surface area contributed by atoms with Crippen molar-refractivity contribution in [3.63, 3.8) is 0 Å². The minimum Gasteiger partial charge on any atom is -0.338 e. The Hall–Kier alpha value is -1.59. The van der Waals surface area contributed by atoms with Gasteiger partial charge in [0.05, 0.1) is 6.54 Å². The molecule has 0 radical (unpaired) electrons. The molecular weight excluding hydrogens is 278 g/mol. The summed E-state index contributed by atoms with van der Waals surface area (Å²) in [5.41, 5.74) is 0.914. The Bertz CT molecular complexity index is 465. The summed E-state index contributed by atoms with van der Waals surface area (Å²) in [7, 11) is 0. The van der Waals surface area contributed by atoms with Crippen LogP contribution in [0.25, 0.3) is 0 Å². The average molecular weight is 298 g/mol. The van der Waals surface area contributed by atoms with Crippen molar-refractivity contribution in [2.24, 2.45) is 0 Å². The Morgan fingerprint density at radius 3 is 2.65 bits per heavy atom. The number of carbonyl (C=O) groups excluding carboxylic acids is 2. The van der Waals surface area contributed by atoms with Gasteiger partial charge in [-0.3, -0.25) is 10.1 Å². The summed E-state index contributed by atoms with van der Waals surface area (Å²) in [4.78, 5) is 22.9. The molecule has 6 heteroatoms. The highest BCUT2D eigenvalue weighted by atomic mass is 35.5. The summed E-state index contributed by atoms with van der Waals surface area (Å²) >= 11 is 6.07. The summed E-state index contributed by atoms with van der Waals surface area (Å²) in [6, 6.07) is 6.89. The van der Waals surface area contributed by atoms with Crippen LogP contribution in [0, 0.1) is 0 Å². The topological polar surface area (TPSA) is 70.2 Å². The van der Waals surface area contributed by atoms with Crippen LogP contribution in [0.5, 0.6) is 0 Å². The quantitative estimate of drug-likeness (QED) is 0.754. The third kappa shape index (κ3) is 5.59. The summed E-state index contributed by atoms with van der Waals surface area (Å²) in [6.07, 6.45) is 0.823. The SMILES string of the molecule is CCCNC(=O)NC(=O)CNC(C)c1ccccc1Cl. The molecule has 0 fully saturated rings. The maximum atomic E-state index is 11.6. The molecule has 0 aliphatic carbocycles. The van der Waals surface area contributed by atoms with E-state index in [2.05, 4.69) is 16.0 Å². The number of rotatable bonds is 6. The molecule has 0 aliphatic rings. The number of amides is 3. The van der Waals surface area contributed by atoms with E-state index in [1.165, 1.54) is 0 Å². The van der Waals surface area contributed by atoms with Crippen LogP contribution in [0.1, 0.15) is 31.9 Å². The molecule has 1 rings (SSSR count). The lowest BCUT2D eigenvalue weighted by Gasteiger charge is -2.15. The highest BCUT2D eigenvalue weighted by molar-refractivity contribution is 6.31. The second-order valence-electron chi connectivity index (χ2n) is 4.43. The minimum atomic E-state index is -0.468. The molecule has 0 heterocycles. The number of hydrogen-bond acceptors (Lipinski definition) is 3. The minimum absolute atomic E-state index is 0.0476. The Balaban J connectivity index is 2.37. The molecule has 0 aromatic heterocycles. The molecule has 0 aliphatic heterocycles. The zero-order chi connectivity index (χ0) is 15.0. The first-order valence-electron chi connectivity index (χ1n) is 6.60. The van der Waals surface area contributed by atoms with E-state index in [0.29, 0.717) is 11.6 Å². The lowest BCUT2D eigenvalue weighted by atomic mass is 10.1. The van der Waals surface area contributed by atoms with Crippen molar-refractivity contribution < 1.29 is 9.59 Å². The number of imide groups is 1. The van der Waals surface area contributed by atoms with Crippen LogP contribution in [0.2, 0.25) is 5.02 Å². The molecule has 0 saturated carbocycles. The highest BCUT2D eigenvalue weighted by Gasteiger charge is 2.11. The van der Waals surface area contributed by atoms with E-state index >= 15 is 0 Å². The molecular formula is C14H20ClN3O2. The van der Waals surface area contributed by atoms with E-state index in [4.69, 9.17) is 11.6 Å². The van der Waals surface area contributed by atoms with Gasteiger partial charge < -0.3 is 10.6 Å².